The van der Waals surface area contributed by atoms with Crippen molar-refractivity contribution in [3.63, 3.8) is 0 Å². The highest BCUT2D eigenvalue weighted by Crippen LogP contribution is 2.28. The third-order valence-electron chi connectivity index (χ3n) is 2.39. The van der Waals surface area contributed by atoms with Crippen LogP contribution in [0, 0.1) is 5.82 Å². The predicted molar refractivity (Wildman–Crippen MR) is 66.1 cm³/mol. The van der Waals surface area contributed by atoms with Crippen LogP contribution in [0.3, 0.4) is 0 Å². The van der Waals surface area contributed by atoms with E-state index in [1.807, 2.05) is 5.43 Å². The molecule has 0 spiro atoms. The number of carbonyl (C=O) groups excluding carboxylic acids is 1. The molecule has 19 heavy (non-hydrogen) atoms. The summed E-state index contributed by atoms with van der Waals surface area (Å²) in [6.45, 7) is -0.142. The van der Waals surface area contributed by atoms with Crippen molar-refractivity contribution in [1.29, 1.82) is 0 Å². The summed E-state index contributed by atoms with van der Waals surface area (Å²) in [6, 6.07) is 5.61. The fourth-order valence-electron chi connectivity index (χ4n) is 1.49. The van der Waals surface area contributed by atoms with Crippen molar-refractivity contribution < 1.29 is 18.3 Å². The van der Waals surface area contributed by atoms with Gasteiger partial charge in [-0.25, -0.2) is 10.2 Å². The second-order valence-corrected chi connectivity index (χ2v) is 3.98. The van der Waals surface area contributed by atoms with Gasteiger partial charge in [0.1, 0.15) is 6.61 Å². The number of nitrogens with one attached hydrogen (secondary N) is 1. The average molecular weight is 285 g/mol. The predicted octanol–water partition coefficient (Wildman–Crippen LogP) is 2.25. The van der Waals surface area contributed by atoms with Crippen LogP contribution in [0.4, 0.5) is 4.39 Å². The van der Waals surface area contributed by atoms with Crippen LogP contribution in [0.1, 0.15) is 16.1 Å². The Hall–Kier alpha value is -2.05. The summed E-state index contributed by atoms with van der Waals surface area (Å²) in [5.74, 6) is 4.04. The van der Waals surface area contributed by atoms with Gasteiger partial charge in [-0.3, -0.25) is 10.2 Å². The second-order valence-electron chi connectivity index (χ2n) is 3.57. The lowest BCUT2D eigenvalue weighted by Gasteiger charge is -2.08. The molecule has 0 atom stereocenters. The van der Waals surface area contributed by atoms with Crippen LogP contribution in [0.5, 0.6) is 5.75 Å². The van der Waals surface area contributed by atoms with E-state index in [0.29, 0.717) is 0 Å². The fourth-order valence-corrected chi connectivity index (χ4v) is 1.71. The number of amides is 1. The Morgan fingerprint density at radius 2 is 2.26 bits per heavy atom. The van der Waals surface area contributed by atoms with Crippen LogP contribution >= 0.6 is 11.6 Å². The quantitative estimate of drug-likeness (QED) is 0.513. The first-order valence-corrected chi connectivity index (χ1v) is 5.65. The molecule has 2 rings (SSSR count). The van der Waals surface area contributed by atoms with Gasteiger partial charge in [0.2, 0.25) is 0 Å². The molecule has 3 N–H and O–H groups in total. The summed E-state index contributed by atoms with van der Waals surface area (Å²) < 4.78 is 23.8. The van der Waals surface area contributed by atoms with E-state index in [4.69, 9.17) is 26.6 Å². The molecule has 1 aromatic heterocycles. The molecule has 0 aliphatic rings. The van der Waals surface area contributed by atoms with Crippen LogP contribution in [0.2, 0.25) is 5.02 Å². The van der Waals surface area contributed by atoms with Crippen LogP contribution in [0.25, 0.3) is 0 Å². The molecule has 1 amide bonds. The molecule has 7 heteroatoms. The number of nitrogens with two attached hydrogens (primary N) is 1. The van der Waals surface area contributed by atoms with E-state index in [0.717, 1.165) is 0 Å². The van der Waals surface area contributed by atoms with Crippen molar-refractivity contribution in [2.75, 3.05) is 0 Å². The van der Waals surface area contributed by atoms with E-state index in [2.05, 4.69) is 0 Å². The van der Waals surface area contributed by atoms with Crippen LogP contribution in [-0.4, -0.2) is 5.91 Å². The van der Waals surface area contributed by atoms with E-state index < -0.39 is 11.7 Å². The molecule has 0 aliphatic carbocycles. The van der Waals surface area contributed by atoms with Crippen LogP contribution in [-0.2, 0) is 6.61 Å². The third-order valence-corrected chi connectivity index (χ3v) is 2.69. The first-order chi connectivity index (χ1) is 9.13. The highest BCUT2D eigenvalue weighted by Gasteiger charge is 2.16. The zero-order valence-electron chi connectivity index (χ0n) is 9.65. The lowest BCUT2D eigenvalue weighted by Crippen LogP contribution is -2.30. The Morgan fingerprint density at radius 3 is 2.95 bits per heavy atom. The molecular weight excluding hydrogens is 275 g/mol. The molecule has 0 fully saturated rings. The van der Waals surface area contributed by atoms with E-state index in [1.165, 1.54) is 30.5 Å². The number of rotatable bonds is 4. The van der Waals surface area contributed by atoms with Gasteiger partial charge in [0.25, 0.3) is 5.91 Å². The van der Waals surface area contributed by atoms with Gasteiger partial charge in [-0.2, -0.15) is 0 Å². The molecule has 1 heterocycles. The summed E-state index contributed by atoms with van der Waals surface area (Å²) in [4.78, 5) is 11.4. The number of carbonyl (C=O) groups is 1. The molecule has 0 saturated heterocycles. The molecular formula is C12H10ClFN2O3. The van der Waals surface area contributed by atoms with Crippen molar-refractivity contribution in [1.82, 2.24) is 5.43 Å². The smallest absolute Gasteiger partial charge is 0.268 e. The number of hydrazine groups is 1. The second kappa shape index (κ2) is 5.73. The third kappa shape index (κ3) is 2.86. The average Bonchev–Trinajstić information content (AvgIpc) is 2.85. The summed E-state index contributed by atoms with van der Waals surface area (Å²) in [5.41, 5.74) is 2.19. The Kier molecular flexibility index (Phi) is 4.03. The first kappa shape index (κ1) is 13.4. The number of furan rings is 1. The Balaban J connectivity index is 2.15. The standard InChI is InChI=1S/C12H10ClFN2O3/c13-8-2-1-3-9(14)11(8)19-6-10-7(4-5-18-10)12(17)16-15/h1-5H,6,15H2,(H,16,17). The van der Waals surface area contributed by atoms with Crippen LogP contribution < -0.4 is 16.0 Å². The van der Waals surface area contributed by atoms with Gasteiger partial charge in [-0.1, -0.05) is 17.7 Å². The minimum absolute atomic E-state index is 0.0975. The molecule has 0 saturated carbocycles. The molecule has 0 aliphatic heterocycles. The monoisotopic (exact) mass is 284 g/mol. The largest absolute Gasteiger partial charge is 0.481 e. The molecule has 2 aromatic rings. The summed E-state index contributed by atoms with van der Waals surface area (Å²) in [5, 5.41) is 0.136. The van der Waals surface area contributed by atoms with E-state index >= 15 is 0 Å². The molecule has 1 aromatic carbocycles. The maximum absolute atomic E-state index is 13.5. The summed E-state index contributed by atoms with van der Waals surface area (Å²) in [6.07, 6.45) is 1.31. The van der Waals surface area contributed by atoms with Gasteiger partial charge in [-0.05, 0) is 18.2 Å². The van der Waals surface area contributed by atoms with E-state index in [9.17, 15) is 9.18 Å². The van der Waals surface area contributed by atoms with E-state index in [-0.39, 0.29) is 28.7 Å². The number of halogens is 2. The minimum Gasteiger partial charge on any atom is -0.481 e. The Labute approximate surface area is 113 Å². The lowest BCUT2D eigenvalue weighted by atomic mass is 10.2. The van der Waals surface area contributed by atoms with Crippen molar-refractivity contribution in [3.05, 3.63) is 52.7 Å². The Morgan fingerprint density at radius 1 is 1.47 bits per heavy atom. The fraction of sp³-hybridized carbons (Fsp3) is 0.0833. The minimum atomic E-state index is -0.594. The van der Waals surface area contributed by atoms with Gasteiger partial charge in [0.15, 0.2) is 17.3 Å². The molecule has 0 radical (unpaired) electrons. The van der Waals surface area contributed by atoms with Gasteiger partial charge in [-0.15, -0.1) is 0 Å². The van der Waals surface area contributed by atoms with E-state index in [1.54, 1.807) is 0 Å². The maximum atomic E-state index is 13.5. The number of benzene rings is 1. The van der Waals surface area contributed by atoms with Gasteiger partial charge >= 0.3 is 0 Å². The SMILES string of the molecule is NNC(=O)c1ccoc1COc1c(F)cccc1Cl. The highest BCUT2D eigenvalue weighted by atomic mass is 35.5. The highest BCUT2D eigenvalue weighted by molar-refractivity contribution is 6.32. The molecule has 0 bridgehead atoms. The maximum Gasteiger partial charge on any atom is 0.268 e. The number of hydrogen-bond acceptors (Lipinski definition) is 4. The van der Waals surface area contributed by atoms with Crippen molar-refractivity contribution in [3.8, 4) is 5.75 Å². The first-order valence-electron chi connectivity index (χ1n) is 5.27. The van der Waals surface area contributed by atoms with Gasteiger partial charge in [0, 0.05) is 0 Å². The number of nitrogen functional groups attached to an aromatic ring is 1. The summed E-state index contributed by atoms with van der Waals surface area (Å²) >= 11 is 5.80. The van der Waals surface area contributed by atoms with Crippen molar-refractivity contribution >= 4 is 17.5 Å². The number of para-hydroxylation sites is 1. The van der Waals surface area contributed by atoms with Crippen molar-refractivity contribution in [2.45, 2.75) is 6.61 Å². The topological polar surface area (TPSA) is 77.5 Å². The van der Waals surface area contributed by atoms with Gasteiger partial charge in [0.05, 0.1) is 16.8 Å². The van der Waals surface area contributed by atoms with Crippen LogP contribution in [0.15, 0.2) is 34.9 Å². The number of ether oxygens (including phenoxy) is 1. The molecule has 100 valence electrons. The number of hydrogen-bond donors (Lipinski definition) is 2. The summed E-state index contributed by atoms with van der Waals surface area (Å²) in [7, 11) is 0. The lowest BCUT2D eigenvalue weighted by molar-refractivity contribution is 0.0949. The zero-order chi connectivity index (χ0) is 13.8. The Bertz CT molecular complexity index is 580. The van der Waals surface area contributed by atoms with Crippen molar-refractivity contribution in [2.24, 2.45) is 5.84 Å². The normalized spacial score (nSPS) is 10.3. The van der Waals surface area contributed by atoms with Gasteiger partial charge < -0.3 is 9.15 Å². The zero-order valence-corrected chi connectivity index (χ0v) is 10.4. The molecule has 5 nitrogen and oxygen atoms in total. The molecule has 0 unspecified atom stereocenters.